The lowest BCUT2D eigenvalue weighted by atomic mass is 9.85. The summed E-state index contributed by atoms with van der Waals surface area (Å²) in [6.07, 6.45) is 4.02. The van der Waals surface area contributed by atoms with Gasteiger partial charge >= 0.3 is 0 Å². The molecule has 0 aromatic heterocycles. The Bertz CT molecular complexity index is 336. The van der Waals surface area contributed by atoms with Gasteiger partial charge in [0.2, 0.25) is 0 Å². The molecule has 1 aromatic carbocycles. The minimum Gasteiger partial charge on any atom is -0.312 e. The highest BCUT2D eigenvalue weighted by atomic mass is 79.9. The van der Waals surface area contributed by atoms with E-state index in [2.05, 4.69) is 21.2 Å². The number of hydrogen-bond acceptors (Lipinski definition) is 1. The van der Waals surface area contributed by atoms with E-state index in [1.807, 2.05) is 12.1 Å². The van der Waals surface area contributed by atoms with E-state index in [4.69, 9.17) is 0 Å². The van der Waals surface area contributed by atoms with E-state index in [1.165, 1.54) is 25.3 Å². The molecule has 0 atom stereocenters. The van der Waals surface area contributed by atoms with E-state index in [0.717, 1.165) is 22.5 Å². The SMILES string of the molecule is Fc1cc(Br)ccc1CNCC1CCC1. The predicted molar refractivity (Wildman–Crippen MR) is 63.1 cm³/mol. The molecule has 82 valence electrons. The first-order chi connectivity index (χ1) is 7.25. The molecule has 0 unspecified atom stereocenters. The van der Waals surface area contributed by atoms with Crippen molar-refractivity contribution < 1.29 is 4.39 Å². The van der Waals surface area contributed by atoms with Crippen LogP contribution < -0.4 is 5.32 Å². The van der Waals surface area contributed by atoms with Gasteiger partial charge in [-0.15, -0.1) is 0 Å². The number of rotatable bonds is 4. The Morgan fingerprint density at radius 2 is 2.20 bits per heavy atom. The van der Waals surface area contributed by atoms with Crippen LogP contribution in [0.3, 0.4) is 0 Å². The van der Waals surface area contributed by atoms with Gasteiger partial charge in [-0.1, -0.05) is 28.4 Å². The number of hydrogen-bond donors (Lipinski definition) is 1. The summed E-state index contributed by atoms with van der Waals surface area (Å²) in [7, 11) is 0. The van der Waals surface area contributed by atoms with Crippen LogP contribution in [-0.2, 0) is 6.54 Å². The highest BCUT2D eigenvalue weighted by Gasteiger charge is 2.16. The van der Waals surface area contributed by atoms with Crippen molar-refractivity contribution in [2.45, 2.75) is 25.8 Å². The van der Waals surface area contributed by atoms with Crippen molar-refractivity contribution in [3.8, 4) is 0 Å². The minimum atomic E-state index is -0.134. The van der Waals surface area contributed by atoms with Crippen molar-refractivity contribution in [3.63, 3.8) is 0 Å². The van der Waals surface area contributed by atoms with Crippen molar-refractivity contribution in [2.75, 3.05) is 6.54 Å². The van der Waals surface area contributed by atoms with Crippen LogP contribution in [-0.4, -0.2) is 6.54 Å². The second-order valence-electron chi connectivity index (χ2n) is 4.16. The number of benzene rings is 1. The molecule has 1 N–H and O–H groups in total. The molecule has 1 aliphatic rings. The molecule has 1 nitrogen and oxygen atoms in total. The molecule has 0 spiro atoms. The third kappa shape index (κ3) is 3.02. The molecular formula is C12H15BrFN. The Morgan fingerprint density at radius 1 is 1.40 bits per heavy atom. The molecule has 3 heteroatoms. The van der Waals surface area contributed by atoms with Gasteiger partial charge in [0, 0.05) is 16.6 Å². The zero-order chi connectivity index (χ0) is 10.7. The number of halogens is 2. The Morgan fingerprint density at radius 3 is 2.80 bits per heavy atom. The van der Waals surface area contributed by atoms with Gasteiger partial charge in [0.1, 0.15) is 5.82 Å². The van der Waals surface area contributed by atoms with E-state index in [0.29, 0.717) is 6.54 Å². The quantitative estimate of drug-likeness (QED) is 0.884. The fourth-order valence-electron chi connectivity index (χ4n) is 1.77. The molecule has 0 aliphatic heterocycles. The molecule has 1 aliphatic carbocycles. The fourth-order valence-corrected chi connectivity index (χ4v) is 2.11. The van der Waals surface area contributed by atoms with Gasteiger partial charge in [0.05, 0.1) is 0 Å². The first kappa shape index (κ1) is 11.1. The van der Waals surface area contributed by atoms with Crippen LogP contribution in [0.15, 0.2) is 22.7 Å². The Hall–Kier alpha value is -0.410. The minimum absolute atomic E-state index is 0.134. The monoisotopic (exact) mass is 271 g/mol. The molecule has 0 saturated heterocycles. The van der Waals surface area contributed by atoms with Gasteiger partial charge in [0.25, 0.3) is 0 Å². The van der Waals surface area contributed by atoms with Crippen molar-refractivity contribution in [2.24, 2.45) is 5.92 Å². The second-order valence-corrected chi connectivity index (χ2v) is 5.08. The summed E-state index contributed by atoms with van der Waals surface area (Å²) < 4.78 is 14.2. The van der Waals surface area contributed by atoms with Crippen molar-refractivity contribution in [1.29, 1.82) is 0 Å². The fraction of sp³-hybridized carbons (Fsp3) is 0.500. The lowest BCUT2D eigenvalue weighted by molar-refractivity contribution is 0.301. The van der Waals surface area contributed by atoms with Crippen molar-refractivity contribution in [3.05, 3.63) is 34.1 Å². The maximum absolute atomic E-state index is 13.4. The van der Waals surface area contributed by atoms with Crippen LogP contribution in [0.5, 0.6) is 0 Å². The molecule has 1 saturated carbocycles. The highest BCUT2D eigenvalue weighted by molar-refractivity contribution is 9.10. The van der Waals surface area contributed by atoms with E-state index < -0.39 is 0 Å². The molecule has 0 bridgehead atoms. The van der Waals surface area contributed by atoms with Crippen molar-refractivity contribution >= 4 is 15.9 Å². The summed E-state index contributed by atoms with van der Waals surface area (Å²) in [4.78, 5) is 0. The van der Waals surface area contributed by atoms with Crippen LogP contribution in [0, 0.1) is 11.7 Å². The van der Waals surface area contributed by atoms with Crippen LogP contribution >= 0.6 is 15.9 Å². The van der Waals surface area contributed by atoms with Gasteiger partial charge in [-0.25, -0.2) is 4.39 Å². The van der Waals surface area contributed by atoms with E-state index in [9.17, 15) is 4.39 Å². The summed E-state index contributed by atoms with van der Waals surface area (Å²) in [6.45, 7) is 1.66. The smallest absolute Gasteiger partial charge is 0.128 e. The highest BCUT2D eigenvalue weighted by Crippen LogP contribution is 2.25. The van der Waals surface area contributed by atoms with Gasteiger partial charge in [-0.2, -0.15) is 0 Å². The molecule has 0 heterocycles. The summed E-state index contributed by atoms with van der Waals surface area (Å²) in [6, 6.07) is 5.22. The first-order valence-electron chi connectivity index (χ1n) is 5.40. The maximum atomic E-state index is 13.4. The average Bonchev–Trinajstić information content (AvgIpc) is 2.12. The summed E-state index contributed by atoms with van der Waals surface area (Å²) >= 11 is 3.25. The molecule has 0 amide bonds. The summed E-state index contributed by atoms with van der Waals surface area (Å²) in [5, 5.41) is 3.31. The molecular weight excluding hydrogens is 257 g/mol. The molecule has 15 heavy (non-hydrogen) atoms. The maximum Gasteiger partial charge on any atom is 0.128 e. The van der Waals surface area contributed by atoms with E-state index in [-0.39, 0.29) is 5.82 Å². The average molecular weight is 272 g/mol. The van der Waals surface area contributed by atoms with Gasteiger partial charge in [0.15, 0.2) is 0 Å². The van der Waals surface area contributed by atoms with Crippen LogP contribution in [0.1, 0.15) is 24.8 Å². The van der Waals surface area contributed by atoms with Gasteiger partial charge < -0.3 is 5.32 Å². The normalized spacial score (nSPS) is 16.4. The zero-order valence-electron chi connectivity index (χ0n) is 8.60. The van der Waals surface area contributed by atoms with Gasteiger partial charge in [-0.05, 0) is 37.4 Å². The van der Waals surface area contributed by atoms with Crippen LogP contribution in [0.2, 0.25) is 0 Å². The van der Waals surface area contributed by atoms with E-state index in [1.54, 1.807) is 0 Å². The third-order valence-electron chi connectivity index (χ3n) is 2.99. The van der Waals surface area contributed by atoms with Crippen LogP contribution in [0.25, 0.3) is 0 Å². The zero-order valence-corrected chi connectivity index (χ0v) is 10.2. The Kier molecular flexibility index (Phi) is 3.76. The first-order valence-corrected chi connectivity index (χ1v) is 6.19. The van der Waals surface area contributed by atoms with Gasteiger partial charge in [-0.3, -0.25) is 0 Å². The topological polar surface area (TPSA) is 12.0 Å². The largest absolute Gasteiger partial charge is 0.312 e. The van der Waals surface area contributed by atoms with E-state index >= 15 is 0 Å². The summed E-state index contributed by atoms with van der Waals surface area (Å²) in [5.74, 6) is 0.689. The lowest BCUT2D eigenvalue weighted by Crippen LogP contribution is -2.27. The number of nitrogens with one attached hydrogen (secondary N) is 1. The standard InChI is InChI=1S/C12H15BrFN/c13-11-5-4-10(12(14)6-11)8-15-7-9-2-1-3-9/h4-6,9,15H,1-3,7-8H2. The molecule has 1 aromatic rings. The molecule has 1 fully saturated rings. The lowest BCUT2D eigenvalue weighted by Gasteiger charge is -2.25. The molecule has 2 rings (SSSR count). The van der Waals surface area contributed by atoms with Crippen molar-refractivity contribution in [1.82, 2.24) is 5.32 Å². The van der Waals surface area contributed by atoms with Crippen LogP contribution in [0.4, 0.5) is 4.39 Å². The Labute approximate surface area is 98.2 Å². The second kappa shape index (κ2) is 5.08. The Balaban J connectivity index is 1.81. The summed E-state index contributed by atoms with van der Waals surface area (Å²) in [5.41, 5.74) is 0.748. The molecule has 0 radical (unpaired) electrons. The predicted octanol–water partition coefficient (Wildman–Crippen LogP) is 3.48. The third-order valence-corrected chi connectivity index (χ3v) is 3.48.